The topological polar surface area (TPSA) is 127 Å². The number of carbonyl (C=O) groups is 1. The Labute approximate surface area is 357 Å². The summed E-state index contributed by atoms with van der Waals surface area (Å²) < 4.78 is 17.2. The van der Waals surface area contributed by atoms with Crippen molar-refractivity contribution in [3.63, 3.8) is 0 Å². The molecule has 11 nitrogen and oxygen atoms in total. The number of fused-ring (bicyclic) bond motifs is 3. The molecule has 5 aromatic carbocycles. The van der Waals surface area contributed by atoms with Crippen LogP contribution in [0.2, 0.25) is 18.6 Å². The van der Waals surface area contributed by atoms with E-state index < -0.39 is 13.7 Å². The molecule has 306 valence electrons. The number of rotatable bonds is 12. The predicted octanol–water partition coefficient (Wildman–Crippen LogP) is 7.66. The number of benzene rings is 5. The first-order chi connectivity index (χ1) is 29.0. The smallest absolute Gasteiger partial charge is 0.279 e. The van der Waals surface area contributed by atoms with Gasteiger partial charge in [0.1, 0.15) is 5.75 Å². The second-order valence-electron chi connectivity index (χ2n) is 16.5. The average molecular weight is 884 g/mol. The van der Waals surface area contributed by atoms with Crippen molar-refractivity contribution in [2.75, 3.05) is 18.6 Å². The number of aliphatic hydroxyl groups excluding tert-OH is 1. The lowest BCUT2D eigenvalue weighted by Gasteiger charge is -2.37. The maximum atomic E-state index is 15.4. The van der Waals surface area contributed by atoms with Crippen LogP contribution in [0, 0.1) is 5.92 Å². The van der Waals surface area contributed by atoms with E-state index in [1.807, 2.05) is 119 Å². The van der Waals surface area contributed by atoms with Crippen LogP contribution in [0.3, 0.4) is 0 Å². The highest BCUT2D eigenvalue weighted by Crippen LogP contribution is 2.60. The molecular weight excluding hydrogens is 837 g/mol. The van der Waals surface area contributed by atoms with Crippen molar-refractivity contribution < 1.29 is 19.4 Å². The minimum absolute atomic E-state index is 0.0352. The van der Waals surface area contributed by atoms with Gasteiger partial charge in [-0.2, -0.15) is 0 Å². The molecule has 2 aliphatic rings. The van der Waals surface area contributed by atoms with Crippen molar-refractivity contribution in [3.8, 4) is 11.4 Å². The van der Waals surface area contributed by atoms with Crippen LogP contribution >= 0.6 is 15.9 Å². The standard InChI is InChI=1S/C47H47BrN6O5Si/c1-30-44(60(3,4)36-21-19-35(58-2)20-22-36)43(24-25-52-28-41(49-51-52)38(29-55)32-10-6-5-7-11-32)59-47(30)39-26-33(48)16-23-42(39)53(46(47)57)27-31-14-17-34(18-15-31)54-45(56)37-12-8-9-13-40(37)50-54/h5-23,26,28,30,38,43-44,50,55H,24-25,27,29H2,1-4H3/t30-,38?,43+,44-,47+/m1/s1. The van der Waals surface area contributed by atoms with Gasteiger partial charge in [-0.15, -0.1) is 5.10 Å². The van der Waals surface area contributed by atoms with Crippen LogP contribution in [0.5, 0.6) is 5.75 Å². The highest BCUT2D eigenvalue weighted by atomic mass is 79.9. The third-order valence-corrected chi connectivity index (χ3v) is 17.7. The van der Waals surface area contributed by atoms with Crippen LogP contribution in [0.15, 0.2) is 137 Å². The van der Waals surface area contributed by atoms with Gasteiger partial charge in [0.15, 0.2) is 5.60 Å². The number of H-pyrrole nitrogens is 1. The van der Waals surface area contributed by atoms with Gasteiger partial charge in [-0.1, -0.05) is 113 Å². The van der Waals surface area contributed by atoms with E-state index in [-0.39, 0.29) is 41.6 Å². The van der Waals surface area contributed by atoms with Crippen LogP contribution in [0.25, 0.3) is 16.6 Å². The van der Waals surface area contributed by atoms with Gasteiger partial charge in [0.25, 0.3) is 11.5 Å². The number of nitrogens with zero attached hydrogens (tertiary/aromatic N) is 5. The number of para-hydroxylation sites is 1. The van der Waals surface area contributed by atoms with Crippen LogP contribution in [-0.4, -0.2) is 63.7 Å². The van der Waals surface area contributed by atoms with E-state index >= 15 is 4.79 Å². The van der Waals surface area contributed by atoms with E-state index in [1.54, 1.807) is 11.8 Å². The number of aryl methyl sites for hydroxylation is 1. The second kappa shape index (κ2) is 15.8. The Kier molecular flexibility index (Phi) is 10.5. The van der Waals surface area contributed by atoms with Crippen molar-refractivity contribution in [1.29, 1.82) is 0 Å². The number of halogens is 1. The molecule has 1 saturated heterocycles. The van der Waals surface area contributed by atoms with E-state index in [2.05, 4.69) is 69.6 Å². The van der Waals surface area contributed by atoms with Crippen LogP contribution in [0.1, 0.15) is 41.6 Å². The molecule has 0 aliphatic carbocycles. The summed E-state index contributed by atoms with van der Waals surface area (Å²) in [6.07, 6.45) is 2.23. The van der Waals surface area contributed by atoms with Crippen molar-refractivity contribution in [2.45, 2.75) is 62.7 Å². The molecule has 1 unspecified atom stereocenters. The SMILES string of the molecule is COc1ccc([Si](C)(C)[C@H]2[C@H](CCn3cc(C(CO)c4ccccc4)nn3)O[C@@]3(C(=O)N(Cc4ccc(-n5[nH]c6ccccc6c5=O)cc4)c4ccc(Br)cc43)[C@@H]2C)cc1. The largest absolute Gasteiger partial charge is 0.497 e. The molecule has 60 heavy (non-hydrogen) atoms. The number of hydrogen-bond donors (Lipinski definition) is 2. The summed E-state index contributed by atoms with van der Waals surface area (Å²) in [5, 5.41) is 24.4. The van der Waals surface area contributed by atoms with Crippen molar-refractivity contribution in [1.82, 2.24) is 24.8 Å². The Morgan fingerprint density at radius 1 is 0.950 bits per heavy atom. The zero-order valence-corrected chi connectivity index (χ0v) is 36.5. The molecule has 1 spiro atoms. The van der Waals surface area contributed by atoms with Gasteiger partial charge in [-0.3, -0.25) is 19.4 Å². The number of nitrogens with one attached hydrogen (secondary N) is 1. The maximum absolute atomic E-state index is 15.4. The summed E-state index contributed by atoms with van der Waals surface area (Å²) in [4.78, 5) is 30.4. The Bertz CT molecular complexity index is 2730. The third kappa shape index (κ3) is 6.73. The lowest BCUT2D eigenvalue weighted by atomic mass is 9.82. The quantitative estimate of drug-likeness (QED) is 0.121. The monoisotopic (exact) mass is 882 g/mol. The Hall–Kier alpha value is -5.60. The molecule has 2 N–H and O–H groups in total. The fraction of sp³-hybridized carbons (Fsp3) is 0.277. The molecule has 9 rings (SSSR count). The molecule has 1 amide bonds. The first-order valence-corrected chi connectivity index (χ1v) is 24.2. The molecule has 7 aromatic rings. The molecule has 2 aromatic heterocycles. The Balaban J connectivity index is 1.05. The highest BCUT2D eigenvalue weighted by Gasteiger charge is 2.66. The number of ether oxygens (including phenoxy) is 2. The fourth-order valence-corrected chi connectivity index (χ4v) is 14.2. The number of methoxy groups -OCH3 is 1. The maximum Gasteiger partial charge on any atom is 0.279 e. The van der Waals surface area contributed by atoms with Gasteiger partial charge >= 0.3 is 0 Å². The average Bonchev–Trinajstić information content (AvgIpc) is 4.01. The molecule has 0 radical (unpaired) electrons. The van der Waals surface area contributed by atoms with E-state index in [1.165, 1.54) is 5.19 Å². The van der Waals surface area contributed by atoms with Crippen LogP contribution in [0.4, 0.5) is 5.69 Å². The van der Waals surface area contributed by atoms with E-state index in [0.717, 1.165) is 38.1 Å². The van der Waals surface area contributed by atoms with Gasteiger partial charge in [0.2, 0.25) is 0 Å². The molecule has 13 heteroatoms. The zero-order valence-electron chi connectivity index (χ0n) is 34.0. The Morgan fingerprint density at radius 3 is 2.40 bits per heavy atom. The third-order valence-electron chi connectivity index (χ3n) is 12.9. The number of hydrogen-bond acceptors (Lipinski definition) is 7. The number of aromatic nitrogens is 5. The second-order valence-corrected chi connectivity index (χ2v) is 22.1. The Morgan fingerprint density at radius 2 is 1.68 bits per heavy atom. The molecule has 0 saturated carbocycles. The van der Waals surface area contributed by atoms with E-state index in [0.29, 0.717) is 36.3 Å². The highest BCUT2D eigenvalue weighted by molar-refractivity contribution is 9.10. The van der Waals surface area contributed by atoms with Gasteiger partial charge < -0.3 is 19.5 Å². The molecule has 4 heterocycles. The number of anilines is 1. The summed E-state index contributed by atoms with van der Waals surface area (Å²) in [6.45, 7) is 7.72. The summed E-state index contributed by atoms with van der Waals surface area (Å²) in [5.41, 5.74) is 4.46. The van der Waals surface area contributed by atoms with E-state index in [9.17, 15) is 9.90 Å². The minimum Gasteiger partial charge on any atom is -0.497 e. The van der Waals surface area contributed by atoms with Gasteiger partial charge in [-0.25, -0.2) is 4.68 Å². The van der Waals surface area contributed by atoms with Gasteiger partial charge in [0, 0.05) is 28.7 Å². The first-order valence-electron chi connectivity index (χ1n) is 20.3. The molecule has 1 fully saturated rings. The van der Waals surface area contributed by atoms with Crippen LogP contribution in [-0.2, 0) is 28.2 Å². The fourth-order valence-electron chi connectivity index (χ4n) is 9.78. The molecule has 2 aliphatic heterocycles. The number of aromatic amines is 1. The minimum atomic E-state index is -2.39. The molecule has 0 bridgehead atoms. The van der Waals surface area contributed by atoms with Crippen LogP contribution < -0.4 is 20.4 Å². The summed E-state index contributed by atoms with van der Waals surface area (Å²) in [5.74, 6) is 0.247. The van der Waals surface area contributed by atoms with Gasteiger partial charge in [0.05, 0.1) is 68.3 Å². The van der Waals surface area contributed by atoms with Gasteiger partial charge in [-0.05, 0) is 77.7 Å². The lowest BCUT2D eigenvalue weighted by molar-refractivity contribution is -0.146. The predicted molar refractivity (Wildman–Crippen MR) is 239 cm³/mol. The number of amides is 1. The van der Waals surface area contributed by atoms with Crippen molar-refractivity contribution in [3.05, 3.63) is 165 Å². The van der Waals surface area contributed by atoms with E-state index in [4.69, 9.17) is 9.47 Å². The number of aliphatic hydroxyl groups is 1. The van der Waals surface area contributed by atoms with Crippen molar-refractivity contribution >= 4 is 51.7 Å². The lowest BCUT2D eigenvalue weighted by Crippen LogP contribution is -2.51. The number of carbonyl (C=O) groups excluding carboxylic acids is 1. The summed E-state index contributed by atoms with van der Waals surface area (Å²) >= 11 is 3.73. The first kappa shape index (κ1) is 39.8. The van der Waals surface area contributed by atoms with Crippen molar-refractivity contribution in [2.24, 2.45) is 5.92 Å². The summed E-state index contributed by atoms with van der Waals surface area (Å²) in [7, 11) is -0.716. The molecule has 5 atom stereocenters. The summed E-state index contributed by atoms with van der Waals surface area (Å²) in [6, 6.07) is 39.5. The molecular formula is C47H47BrN6O5Si. The zero-order chi connectivity index (χ0) is 41.8. The normalized spacial score (nSPS) is 20.6.